The van der Waals surface area contributed by atoms with Gasteiger partial charge < -0.3 is 10.4 Å². The van der Waals surface area contributed by atoms with E-state index >= 15 is 0 Å². The van der Waals surface area contributed by atoms with Gasteiger partial charge in [0.25, 0.3) is 0 Å². The van der Waals surface area contributed by atoms with Crippen LogP contribution in [0.1, 0.15) is 30.4 Å². The Morgan fingerprint density at radius 1 is 1.25 bits per heavy atom. The van der Waals surface area contributed by atoms with Crippen molar-refractivity contribution in [3.63, 3.8) is 0 Å². The molecule has 0 bridgehead atoms. The largest absolute Gasteiger partial charge is 0.396 e. The molecule has 1 aromatic carbocycles. The predicted octanol–water partition coefficient (Wildman–Crippen LogP) is 1.89. The summed E-state index contributed by atoms with van der Waals surface area (Å²) in [5, 5.41) is 11.6. The number of rotatable bonds is 4. The lowest BCUT2D eigenvalue weighted by Gasteiger charge is -2.17. The monoisotopic (exact) mass is 219 g/mol. The summed E-state index contributed by atoms with van der Waals surface area (Å²) in [5.41, 5.74) is 3.43. The zero-order valence-corrected chi connectivity index (χ0v) is 9.33. The average Bonchev–Trinajstić information content (AvgIpc) is 2.29. The van der Waals surface area contributed by atoms with Crippen LogP contribution in [0.2, 0.25) is 0 Å². The molecule has 0 spiro atoms. The average molecular weight is 219 g/mol. The molecule has 1 amide bonds. The minimum absolute atomic E-state index is 0.111. The van der Waals surface area contributed by atoms with Crippen molar-refractivity contribution in [3.8, 4) is 0 Å². The number of unbranched alkanes of at least 4 members (excludes halogenated alkanes) is 1. The third-order valence-electron chi connectivity index (χ3n) is 2.94. The van der Waals surface area contributed by atoms with Crippen molar-refractivity contribution < 1.29 is 9.90 Å². The van der Waals surface area contributed by atoms with Gasteiger partial charge in [-0.25, -0.2) is 0 Å². The minimum Gasteiger partial charge on any atom is -0.396 e. The first-order valence-electron chi connectivity index (χ1n) is 5.82. The normalized spacial score (nSPS) is 14.4. The lowest BCUT2D eigenvalue weighted by molar-refractivity contribution is -0.116. The molecule has 0 aromatic heterocycles. The molecule has 0 aliphatic carbocycles. The van der Waals surface area contributed by atoms with Gasteiger partial charge in [0, 0.05) is 18.7 Å². The lowest BCUT2D eigenvalue weighted by Crippen LogP contribution is -2.19. The summed E-state index contributed by atoms with van der Waals surface area (Å²) in [7, 11) is 0. The molecule has 2 N–H and O–H groups in total. The summed E-state index contributed by atoms with van der Waals surface area (Å²) >= 11 is 0. The molecule has 0 fully saturated rings. The quantitative estimate of drug-likeness (QED) is 0.760. The molecule has 2 rings (SSSR count). The molecule has 1 aromatic rings. The fourth-order valence-electron chi connectivity index (χ4n) is 2.02. The maximum atomic E-state index is 11.3. The topological polar surface area (TPSA) is 49.3 Å². The van der Waals surface area contributed by atoms with Crippen molar-refractivity contribution in [3.05, 3.63) is 29.3 Å². The summed E-state index contributed by atoms with van der Waals surface area (Å²) in [4.78, 5) is 11.3. The van der Waals surface area contributed by atoms with Gasteiger partial charge in [-0.2, -0.15) is 0 Å². The highest BCUT2D eigenvalue weighted by molar-refractivity contribution is 5.93. The summed E-state index contributed by atoms with van der Waals surface area (Å²) in [6, 6.07) is 6.28. The van der Waals surface area contributed by atoms with Gasteiger partial charge in [0.2, 0.25) is 5.91 Å². The Labute approximate surface area is 95.5 Å². The Morgan fingerprint density at radius 2 is 2.12 bits per heavy atom. The molecule has 3 nitrogen and oxygen atoms in total. The van der Waals surface area contributed by atoms with Crippen LogP contribution in [0.3, 0.4) is 0 Å². The van der Waals surface area contributed by atoms with Crippen molar-refractivity contribution in [2.24, 2.45) is 0 Å². The minimum atomic E-state index is 0.111. The molecule has 86 valence electrons. The van der Waals surface area contributed by atoms with Gasteiger partial charge in [-0.1, -0.05) is 12.1 Å². The summed E-state index contributed by atoms with van der Waals surface area (Å²) in [6.45, 7) is 0.252. The molecule has 0 radical (unpaired) electrons. The number of aryl methyl sites for hydroxylation is 2. The van der Waals surface area contributed by atoms with E-state index in [9.17, 15) is 4.79 Å². The Kier molecular flexibility index (Phi) is 3.57. The number of fused-ring (bicyclic) bond motifs is 1. The van der Waals surface area contributed by atoms with Crippen molar-refractivity contribution >= 4 is 11.6 Å². The number of hydrogen-bond acceptors (Lipinski definition) is 2. The van der Waals surface area contributed by atoms with E-state index in [1.807, 2.05) is 0 Å². The smallest absolute Gasteiger partial charge is 0.224 e. The van der Waals surface area contributed by atoms with Crippen LogP contribution in [0.25, 0.3) is 0 Å². The van der Waals surface area contributed by atoms with Gasteiger partial charge in [0.15, 0.2) is 0 Å². The van der Waals surface area contributed by atoms with Gasteiger partial charge in [-0.15, -0.1) is 0 Å². The third-order valence-corrected chi connectivity index (χ3v) is 2.94. The fourth-order valence-corrected chi connectivity index (χ4v) is 2.02. The van der Waals surface area contributed by atoms with Gasteiger partial charge in [0.1, 0.15) is 0 Å². The van der Waals surface area contributed by atoms with Crippen molar-refractivity contribution in [2.45, 2.75) is 32.1 Å². The Hall–Kier alpha value is -1.35. The second-order valence-electron chi connectivity index (χ2n) is 4.22. The number of hydrogen-bond donors (Lipinski definition) is 2. The van der Waals surface area contributed by atoms with Crippen molar-refractivity contribution in [2.75, 3.05) is 11.9 Å². The van der Waals surface area contributed by atoms with E-state index in [-0.39, 0.29) is 12.5 Å². The van der Waals surface area contributed by atoms with E-state index in [1.54, 1.807) is 0 Å². The Balaban J connectivity index is 2.06. The van der Waals surface area contributed by atoms with Crippen LogP contribution >= 0.6 is 0 Å². The second-order valence-corrected chi connectivity index (χ2v) is 4.22. The molecule has 0 saturated heterocycles. The standard InChI is InChI=1S/C13H17NO2/c15-8-2-1-3-10-4-5-11-6-7-13(16)14-12(11)9-10/h4-5,9,15H,1-3,6-8H2,(H,14,16). The van der Waals surface area contributed by atoms with E-state index in [4.69, 9.17) is 5.11 Å². The highest BCUT2D eigenvalue weighted by Crippen LogP contribution is 2.24. The molecule has 1 aliphatic rings. The molecule has 16 heavy (non-hydrogen) atoms. The first kappa shape index (κ1) is 11.1. The summed E-state index contributed by atoms with van der Waals surface area (Å²) < 4.78 is 0. The van der Waals surface area contributed by atoms with Crippen LogP contribution in [0.15, 0.2) is 18.2 Å². The van der Waals surface area contributed by atoms with E-state index in [2.05, 4.69) is 23.5 Å². The highest BCUT2D eigenvalue weighted by atomic mass is 16.2. The van der Waals surface area contributed by atoms with Crippen LogP contribution in [0.4, 0.5) is 5.69 Å². The molecule has 1 aliphatic heterocycles. The van der Waals surface area contributed by atoms with Crippen molar-refractivity contribution in [1.29, 1.82) is 0 Å². The highest BCUT2D eigenvalue weighted by Gasteiger charge is 2.14. The SMILES string of the molecule is O=C1CCc2ccc(CCCCO)cc2N1. The number of carbonyl (C=O) groups is 1. The second kappa shape index (κ2) is 5.12. The lowest BCUT2D eigenvalue weighted by atomic mass is 9.99. The first-order chi connectivity index (χ1) is 7.79. The van der Waals surface area contributed by atoms with E-state index in [0.29, 0.717) is 6.42 Å². The number of benzene rings is 1. The zero-order chi connectivity index (χ0) is 11.4. The molecule has 0 unspecified atom stereocenters. The predicted molar refractivity (Wildman–Crippen MR) is 63.4 cm³/mol. The van der Waals surface area contributed by atoms with Crippen LogP contribution in [0, 0.1) is 0 Å². The molecule has 0 atom stereocenters. The summed E-state index contributed by atoms with van der Waals surface area (Å²) in [5.74, 6) is 0.111. The molecule has 3 heteroatoms. The molecular weight excluding hydrogens is 202 g/mol. The maximum absolute atomic E-state index is 11.3. The molecule has 0 saturated carbocycles. The number of amides is 1. The van der Waals surface area contributed by atoms with E-state index in [0.717, 1.165) is 31.4 Å². The Bertz CT molecular complexity index is 388. The molecular formula is C13H17NO2. The molecule has 1 heterocycles. The third kappa shape index (κ3) is 2.61. The summed E-state index contributed by atoms with van der Waals surface area (Å²) in [6.07, 6.45) is 4.23. The van der Waals surface area contributed by atoms with Gasteiger partial charge >= 0.3 is 0 Å². The van der Waals surface area contributed by atoms with Gasteiger partial charge in [-0.3, -0.25) is 4.79 Å². The number of aliphatic hydroxyl groups excluding tert-OH is 1. The van der Waals surface area contributed by atoms with E-state index in [1.165, 1.54) is 11.1 Å². The Morgan fingerprint density at radius 3 is 2.94 bits per heavy atom. The van der Waals surface area contributed by atoms with Crippen LogP contribution in [0.5, 0.6) is 0 Å². The number of nitrogens with one attached hydrogen (secondary N) is 1. The maximum Gasteiger partial charge on any atom is 0.224 e. The number of carbonyl (C=O) groups excluding carboxylic acids is 1. The first-order valence-corrected chi connectivity index (χ1v) is 5.82. The van der Waals surface area contributed by atoms with Crippen molar-refractivity contribution in [1.82, 2.24) is 0 Å². The zero-order valence-electron chi connectivity index (χ0n) is 9.33. The number of anilines is 1. The van der Waals surface area contributed by atoms with Gasteiger partial charge in [-0.05, 0) is 42.9 Å². The number of aliphatic hydroxyl groups is 1. The van der Waals surface area contributed by atoms with Crippen LogP contribution in [-0.4, -0.2) is 17.6 Å². The van der Waals surface area contributed by atoms with Gasteiger partial charge in [0.05, 0.1) is 0 Å². The van der Waals surface area contributed by atoms with E-state index < -0.39 is 0 Å². The fraction of sp³-hybridized carbons (Fsp3) is 0.462. The van der Waals surface area contributed by atoms with Crippen LogP contribution < -0.4 is 5.32 Å². The van der Waals surface area contributed by atoms with Crippen LogP contribution in [-0.2, 0) is 17.6 Å².